The fourth-order valence-corrected chi connectivity index (χ4v) is 2.82. The van der Waals surface area contributed by atoms with Gasteiger partial charge < -0.3 is 0 Å². The molecule has 4 rings (SSSR count). The summed E-state index contributed by atoms with van der Waals surface area (Å²) in [5.74, 6) is 0. The SMILES string of the molecule is O=Nc1cc2nc(-c3ccccc3)c(-c3ccccc3)nc2cc1N=O. The van der Waals surface area contributed by atoms with Crippen molar-refractivity contribution in [3.8, 4) is 22.5 Å². The Bertz CT molecular complexity index is 1020. The van der Waals surface area contributed by atoms with Crippen LogP contribution in [0.2, 0.25) is 0 Å². The number of fused-ring (bicyclic) bond motifs is 1. The molecule has 6 nitrogen and oxygen atoms in total. The van der Waals surface area contributed by atoms with Gasteiger partial charge >= 0.3 is 0 Å². The van der Waals surface area contributed by atoms with E-state index in [-0.39, 0.29) is 11.4 Å². The van der Waals surface area contributed by atoms with Crippen molar-refractivity contribution in [3.05, 3.63) is 82.6 Å². The van der Waals surface area contributed by atoms with Gasteiger partial charge in [0.1, 0.15) is 11.4 Å². The zero-order valence-electron chi connectivity index (χ0n) is 13.5. The van der Waals surface area contributed by atoms with Crippen LogP contribution in [-0.2, 0) is 0 Å². The maximum absolute atomic E-state index is 11.0. The van der Waals surface area contributed by atoms with E-state index in [1.807, 2.05) is 60.7 Å². The lowest BCUT2D eigenvalue weighted by Gasteiger charge is -2.11. The summed E-state index contributed by atoms with van der Waals surface area (Å²) in [5.41, 5.74) is 4.04. The summed E-state index contributed by atoms with van der Waals surface area (Å²) in [7, 11) is 0. The Labute approximate surface area is 148 Å². The second-order valence-electron chi connectivity index (χ2n) is 5.67. The summed E-state index contributed by atoms with van der Waals surface area (Å²) in [6.45, 7) is 0. The molecule has 0 saturated heterocycles. The molecule has 124 valence electrons. The van der Waals surface area contributed by atoms with E-state index < -0.39 is 0 Å². The Balaban J connectivity index is 2.06. The summed E-state index contributed by atoms with van der Waals surface area (Å²) >= 11 is 0. The molecule has 1 heterocycles. The van der Waals surface area contributed by atoms with Gasteiger partial charge in [0, 0.05) is 11.1 Å². The van der Waals surface area contributed by atoms with E-state index in [0.717, 1.165) is 11.1 Å². The molecule has 0 N–H and O–H groups in total. The van der Waals surface area contributed by atoms with Crippen LogP contribution in [0.25, 0.3) is 33.5 Å². The molecule has 0 bridgehead atoms. The number of benzene rings is 3. The maximum Gasteiger partial charge on any atom is 0.139 e. The van der Waals surface area contributed by atoms with Gasteiger partial charge in [-0.25, -0.2) is 9.97 Å². The number of hydrogen-bond donors (Lipinski definition) is 0. The van der Waals surface area contributed by atoms with E-state index in [1.165, 1.54) is 12.1 Å². The van der Waals surface area contributed by atoms with Gasteiger partial charge in [-0.3, -0.25) is 0 Å². The molecule has 0 unspecified atom stereocenters. The van der Waals surface area contributed by atoms with Crippen LogP contribution in [0.15, 0.2) is 83.2 Å². The number of nitrogens with zero attached hydrogens (tertiary/aromatic N) is 4. The van der Waals surface area contributed by atoms with Crippen molar-refractivity contribution < 1.29 is 0 Å². The Morgan fingerprint density at radius 3 is 1.31 bits per heavy atom. The van der Waals surface area contributed by atoms with Crippen molar-refractivity contribution in [1.82, 2.24) is 9.97 Å². The van der Waals surface area contributed by atoms with Crippen LogP contribution in [0.3, 0.4) is 0 Å². The van der Waals surface area contributed by atoms with Gasteiger partial charge in [0.05, 0.1) is 22.4 Å². The predicted octanol–water partition coefficient (Wildman–Crippen LogP) is 5.76. The van der Waals surface area contributed by atoms with E-state index in [9.17, 15) is 9.81 Å². The lowest BCUT2D eigenvalue weighted by atomic mass is 10.0. The van der Waals surface area contributed by atoms with Crippen LogP contribution in [-0.4, -0.2) is 9.97 Å². The Morgan fingerprint density at radius 2 is 0.962 bits per heavy atom. The highest BCUT2D eigenvalue weighted by molar-refractivity contribution is 5.90. The van der Waals surface area contributed by atoms with Gasteiger partial charge in [-0.1, -0.05) is 60.7 Å². The second kappa shape index (κ2) is 6.60. The molecule has 0 amide bonds. The molecule has 26 heavy (non-hydrogen) atoms. The third kappa shape index (κ3) is 2.73. The first-order chi connectivity index (χ1) is 12.8. The van der Waals surface area contributed by atoms with Crippen molar-refractivity contribution in [3.63, 3.8) is 0 Å². The summed E-state index contributed by atoms with van der Waals surface area (Å²) in [6.07, 6.45) is 0. The fourth-order valence-electron chi connectivity index (χ4n) is 2.82. The number of rotatable bonds is 4. The van der Waals surface area contributed by atoms with Gasteiger partial charge in [-0.15, -0.1) is 9.81 Å². The van der Waals surface area contributed by atoms with Crippen LogP contribution in [0.1, 0.15) is 0 Å². The van der Waals surface area contributed by atoms with E-state index in [0.29, 0.717) is 22.4 Å². The molecule has 0 spiro atoms. The largest absolute Gasteiger partial charge is 0.244 e. The summed E-state index contributed by atoms with van der Waals surface area (Å²) in [6, 6.07) is 22.2. The zero-order valence-corrected chi connectivity index (χ0v) is 13.5. The first kappa shape index (κ1) is 15.7. The van der Waals surface area contributed by atoms with Crippen LogP contribution in [0.4, 0.5) is 11.4 Å². The highest BCUT2D eigenvalue weighted by Gasteiger charge is 2.15. The predicted molar refractivity (Wildman–Crippen MR) is 101 cm³/mol. The first-order valence-corrected chi connectivity index (χ1v) is 7.93. The zero-order chi connectivity index (χ0) is 17.9. The summed E-state index contributed by atoms with van der Waals surface area (Å²) in [5, 5.41) is 5.73. The van der Waals surface area contributed by atoms with Crippen molar-refractivity contribution in [1.29, 1.82) is 0 Å². The molecular formula is C20H12N4O2. The maximum atomic E-state index is 11.0. The lowest BCUT2D eigenvalue weighted by Crippen LogP contribution is -1.95. The van der Waals surface area contributed by atoms with Crippen LogP contribution in [0, 0.1) is 9.81 Å². The van der Waals surface area contributed by atoms with Crippen molar-refractivity contribution in [2.75, 3.05) is 0 Å². The second-order valence-corrected chi connectivity index (χ2v) is 5.67. The molecule has 0 fully saturated rings. The molecular weight excluding hydrogens is 328 g/mol. The minimum Gasteiger partial charge on any atom is -0.244 e. The van der Waals surface area contributed by atoms with E-state index in [4.69, 9.17) is 9.97 Å². The third-order valence-corrected chi connectivity index (χ3v) is 4.05. The molecule has 0 radical (unpaired) electrons. The van der Waals surface area contributed by atoms with E-state index >= 15 is 0 Å². The van der Waals surface area contributed by atoms with Crippen LogP contribution < -0.4 is 0 Å². The van der Waals surface area contributed by atoms with Gasteiger partial charge in [0.15, 0.2) is 0 Å². The molecule has 1 aromatic heterocycles. The van der Waals surface area contributed by atoms with Crippen molar-refractivity contribution >= 4 is 22.4 Å². The highest BCUT2D eigenvalue weighted by atomic mass is 16.3. The van der Waals surface area contributed by atoms with Crippen LogP contribution in [0.5, 0.6) is 0 Å². The van der Waals surface area contributed by atoms with Gasteiger partial charge in [0.2, 0.25) is 0 Å². The highest BCUT2D eigenvalue weighted by Crippen LogP contribution is 2.35. The van der Waals surface area contributed by atoms with Crippen molar-refractivity contribution in [2.24, 2.45) is 10.4 Å². The quantitative estimate of drug-likeness (QED) is 0.442. The minimum absolute atomic E-state index is 0.0479. The van der Waals surface area contributed by atoms with Gasteiger partial charge in [0.25, 0.3) is 0 Å². The average molecular weight is 340 g/mol. The summed E-state index contributed by atoms with van der Waals surface area (Å²) < 4.78 is 0. The molecule has 0 aliphatic heterocycles. The smallest absolute Gasteiger partial charge is 0.139 e. The monoisotopic (exact) mass is 340 g/mol. The number of aromatic nitrogens is 2. The summed E-state index contributed by atoms with van der Waals surface area (Å²) in [4.78, 5) is 31.4. The van der Waals surface area contributed by atoms with E-state index in [2.05, 4.69) is 10.4 Å². The third-order valence-electron chi connectivity index (χ3n) is 4.05. The van der Waals surface area contributed by atoms with E-state index in [1.54, 1.807) is 0 Å². The Hall–Kier alpha value is -3.80. The topological polar surface area (TPSA) is 84.6 Å². The number of hydrogen-bond acceptors (Lipinski definition) is 6. The molecule has 6 heteroatoms. The standard InChI is InChI=1S/C20H12N4O2/c25-23-17-11-15-16(12-18(17)24-26)22-20(14-9-5-2-6-10-14)19(21-15)13-7-3-1-4-8-13/h1-12H. The minimum atomic E-state index is -0.0479. The Kier molecular flexibility index (Phi) is 3.99. The van der Waals surface area contributed by atoms with Gasteiger partial charge in [-0.2, -0.15) is 0 Å². The average Bonchev–Trinajstić information content (AvgIpc) is 2.73. The normalized spacial score (nSPS) is 10.6. The lowest BCUT2D eigenvalue weighted by molar-refractivity contribution is 1.28. The molecule has 0 saturated carbocycles. The number of nitroso groups, excluding NO2 is 2. The Morgan fingerprint density at radius 1 is 0.577 bits per heavy atom. The molecule has 0 atom stereocenters. The molecule has 0 aliphatic rings. The fraction of sp³-hybridized carbons (Fsp3) is 0. The molecule has 0 aliphatic carbocycles. The molecule has 3 aromatic carbocycles. The first-order valence-electron chi connectivity index (χ1n) is 7.93. The van der Waals surface area contributed by atoms with Crippen LogP contribution >= 0.6 is 0 Å². The van der Waals surface area contributed by atoms with Gasteiger partial charge in [-0.05, 0) is 22.5 Å². The molecule has 4 aromatic rings. The van der Waals surface area contributed by atoms with Crippen molar-refractivity contribution in [2.45, 2.75) is 0 Å².